The van der Waals surface area contributed by atoms with Gasteiger partial charge >= 0.3 is 0 Å². The lowest BCUT2D eigenvalue weighted by Crippen LogP contribution is -2.38. The van der Waals surface area contributed by atoms with Gasteiger partial charge < -0.3 is 10.1 Å². The molecule has 2 unspecified atom stereocenters. The van der Waals surface area contributed by atoms with Crippen molar-refractivity contribution in [3.05, 3.63) is 29.8 Å². The number of aryl methyl sites for hydroxylation is 1. The van der Waals surface area contributed by atoms with Crippen molar-refractivity contribution in [2.75, 3.05) is 6.61 Å². The predicted molar refractivity (Wildman–Crippen MR) is 69.0 cm³/mol. The van der Waals surface area contributed by atoms with Crippen molar-refractivity contribution < 1.29 is 4.74 Å². The van der Waals surface area contributed by atoms with Gasteiger partial charge in [-0.15, -0.1) is 0 Å². The Kier molecular flexibility index (Phi) is 5.51. The molecule has 2 atom stereocenters. The molecule has 0 aliphatic heterocycles. The number of nitrogens with one attached hydrogen (secondary N) is 1. The Morgan fingerprint density at radius 2 is 1.88 bits per heavy atom. The van der Waals surface area contributed by atoms with Crippen molar-refractivity contribution in [1.29, 1.82) is 5.26 Å². The van der Waals surface area contributed by atoms with Crippen LogP contribution in [0.25, 0.3) is 0 Å². The van der Waals surface area contributed by atoms with Gasteiger partial charge in [0.1, 0.15) is 12.4 Å². The third-order valence-electron chi connectivity index (χ3n) is 2.49. The normalized spacial score (nSPS) is 13.8. The van der Waals surface area contributed by atoms with E-state index >= 15 is 0 Å². The Morgan fingerprint density at radius 3 is 2.47 bits per heavy atom. The number of hydrogen-bond donors (Lipinski definition) is 1. The summed E-state index contributed by atoms with van der Waals surface area (Å²) in [5.41, 5.74) is 1.23. The standard InChI is InChI=1S/C14H20N2O/c1-11-4-6-14(7-5-11)17-10-13(3)16-12(2)8-9-15/h4-7,12-13,16H,8,10H2,1-3H3. The molecule has 1 N–H and O–H groups in total. The van der Waals surface area contributed by atoms with Crippen LogP contribution in [0.2, 0.25) is 0 Å². The van der Waals surface area contributed by atoms with Gasteiger partial charge in [0.15, 0.2) is 0 Å². The van der Waals surface area contributed by atoms with E-state index in [2.05, 4.69) is 25.2 Å². The van der Waals surface area contributed by atoms with Gasteiger partial charge in [0, 0.05) is 12.1 Å². The van der Waals surface area contributed by atoms with Crippen LogP contribution in [0.4, 0.5) is 0 Å². The second-order valence-corrected chi connectivity index (χ2v) is 4.46. The number of benzene rings is 1. The van der Waals surface area contributed by atoms with E-state index in [-0.39, 0.29) is 12.1 Å². The van der Waals surface area contributed by atoms with Crippen LogP contribution in [-0.2, 0) is 0 Å². The first-order valence-corrected chi connectivity index (χ1v) is 5.94. The fourth-order valence-corrected chi connectivity index (χ4v) is 1.59. The van der Waals surface area contributed by atoms with Gasteiger partial charge in [-0.05, 0) is 32.9 Å². The Bertz CT molecular complexity index is 367. The molecular formula is C14H20N2O. The first-order chi connectivity index (χ1) is 8.11. The molecule has 1 aromatic carbocycles. The first-order valence-electron chi connectivity index (χ1n) is 5.94. The van der Waals surface area contributed by atoms with E-state index in [1.165, 1.54) is 5.56 Å². The summed E-state index contributed by atoms with van der Waals surface area (Å²) in [6.07, 6.45) is 0.523. The number of hydrogen-bond acceptors (Lipinski definition) is 3. The Labute approximate surface area is 103 Å². The molecule has 0 aliphatic carbocycles. The second kappa shape index (κ2) is 6.93. The SMILES string of the molecule is Cc1ccc(OCC(C)NC(C)CC#N)cc1. The quantitative estimate of drug-likeness (QED) is 0.820. The molecule has 0 radical (unpaired) electrons. The molecule has 1 aromatic rings. The van der Waals surface area contributed by atoms with Crippen molar-refractivity contribution in [2.24, 2.45) is 0 Å². The van der Waals surface area contributed by atoms with Gasteiger partial charge in [0.2, 0.25) is 0 Å². The molecule has 1 rings (SSSR count). The highest BCUT2D eigenvalue weighted by molar-refractivity contribution is 5.26. The van der Waals surface area contributed by atoms with Gasteiger partial charge in [-0.3, -0.25) is 0 Å². The van der Waals surface area contributed by atoms with E-state index < -0.39 is 0 Å². The van der Waals surface area contributed by atoms with E-state index in [1.54, 1.807) is 0 Å². The lowest BCUT2D eigenvalue weighted by molar-refractivity contribution is 0.264. The minimum absolute atomic E-state index is 0.205. The summed E-state index contributed by atoms with van der Waals surface area (Å²) >= 11 is 0. The van der Waals surface area contributed by atoms with Crippen LogP contribution in [-0.4, -0.2) is 18.7 Å². The van der Waals surface area contributed by atoms with Gasteiger partial charge in [-0.25, -0.2) is 0 Å². The first kappa shape index (κ1) is 13.5. The molecule has 0 bridgehead atoms. The summed E-state index contributed by atoms with van der Waals surface area (Å²) in [5, 5.41) is 11.9. The zero-order valence-corrected chi connectivity index (χ0v) is 10.7. The van der Waals surface area contributed by atoms with Crippen molar-refractivity contribution in [3.63, 3.8) is 0 Å². The maximum atomic E-state index is 8.56. The van der Waals surface area contributed by atoms with Crippen LogP contribution in [0, 0.1) is 18.3 Å². The molecule has 0 spiro atoms. The minimum atomic E-state index is 0.205. The molecule has 0 heterocycles. The highest BCUT2D eigenvalue weighted by Crippen LogP contribution is 2.11. The van der Waals surface area contributed by atoms with E-state index in [4.69, 9.17) is 10.00 Å². The Morgan fingerprint density at radius 1 is 1.24 bits per heavy atom. The highest BCUT2D eigenvalue weighted by Gasteiger charge is 2.07. The summed E-state index contributed by atoms with van der Waals surface area (Å²) in [4.78, 5) is 0. The molecule has 92 valence electrons. The summed E-state index contributed by atoms with van der Waals surface area (Å²) in [5.74, 6) is 0.886. The van der Waals surface area contributed by atoms with Crippen LogP contribution in [0.3, 0.4) is 0 Å². The lowest BCUT2D eigenvalue weighted by Gasteiger charge is -2.18. The Balaban J connectivity index is 2.30. The Hall–Kier alpha value is -1.53. The third kappa shape index (κ3) is 5.37. The summed E-state index contributed by atoms with van der Waals surface area (Å²) in [7, 11) is 0. The molecule has 0 amide bonds. The molecule has 17 heavy (non-hydrogen) atoms. The van der Waals surface area contributed by atoms with E-state index in [9.17, 15) is 0 Å². The minimum Gasteiger partial charge on any atom is -0.492 e. The van der Waals surface area contributed by atoms with Gasteiger partial charge in [-0.2, -0.15) is 5.26 Å². The summed E-state index contributed by atoms with van der Waals surface area (Å²) in [6.45, 7) is 6.73. The summed E-state index contributed by atoms with van der Waals surface area (Å²) < 4.78 is 5.66. The number of nitrogens with zero attached hydrogens (tertiary/aromatic N) is 1. The molecule has 0 aliphatic rings. The molecular weight excluding hydrogens is 212 g/mol. The van der Waals surface area contributed by atoms with Crippen LogP contribution in [0.1, 0.15) is 25.8 Å². The molecule has 3 nitrogen and oxygen atoms in total. The van der Waals surface area contributed by atoms with Crippen LogP contribution < -0.4 is 10.1 Å². The molecule has 0 saturated heterocycles. The van der Waals surface area contributed by atoms with Gasteiger partial charge in [-0.1, -0.05) is 17.7 Å². The van der Waals surface area contributed by atoms with Crippen LogP contribution in [0.5, 0.6) is 5.75 Å². The fourth-order valence-electron chi connectivity index (χ4n) is 1.59. The van der Waals surface area contributed by atoms with Crippen molar-refractivity contribution in [3.8, 4) is 11.8 Å². The average molecular weight is 232 g/mol. The van der Waals surface area contributed by atoms with Crippen molar-refractivity contribution >= 4 is 0 Å². The zero-order valence-electron chi connectivity index (χ0n) is 10.7. The maximum absolute atomic E-state index is 8.56. The third-order valence-corrected chi connectivity index (χ3v) is 2.49. The number of nitriles is 1. The number of ether oxygens (including phenoxy) is 1. The smallest absolute Gasteiger partial charge is 0.119 e. The van der Waals surface area contributed by atoms with Gasteiger partial charge in [0.25, 0.3) is 0 Å². The maximum Gasteiger partial charge on any atom is 0.119 e. The molecule has 0 aromatic heterocycles. The predicted octanol–water partition coefficient (Wildman–Crippen LogP) is 2.65. The monoisotopic (exact) mass is 232 g/mol. The molecule has 3 heteroatoms. The van der Waals surface area contributed by atoms with Crippen LogP contribution in [0.15, 0.2) is 24.3 Å². The van der Waals surface area contributed by atoms with Crippen LogP contribution >= 0.6 is 0 Å². The second-order valence-electron chi connectivity index (χ2n) is 4.46. The van der Waals surface area contributed by atoms with Gasteiger partial charge in [0.05, 0.1) is 12.5 Å². The average Bonchev–Trinajstić information content (AvgIpc) is 2.28. The van der Waals surface area contributed by atoms with E-state index in [0.717, 1.165) is 5.75 Å². The lowest BCUT2D eigenvalue weighted by atomic mass is 10.2. The highest BCUT2D eigenvalue weighted by atomic mass is 16.5. The molecule has 0 fully saturated rings. The summed E-state index contributed by atoms with van der Waals surface area (Å²) in [6, 6.07) is 10.6. The molecule has 0 saturated carbocycles. The van der Waals surface area contributed by atoms with E-state index in [0.29, 0.717) is 13.0 Å². The fraction of sp³-hybridized carbons (Fsp3) is 0.500. The number of rotatable bonds is 6. The topological polar surface area (TPSA) is 45.0 Å². The van der Waals surface area contributed by atoms with Crippen molar-refractivity contribution in [2.45, 2.75) is 39.3 Å². The van der Waals surface area contributed by atoms with E-state index in [1.807, 2.05) is 31.2 Å². The largest absolute Gasteiger partial charge is 0.492 e. The zero-order chi connectivity index (χ0) is 12.7. The van der Waals surface area contributed by atoms with Crippen molar-refractivity contribution in [1.82, 2.24) is 5.32 Å².